The van der Waals surface area contributed by atoms with E-state index < -0.39 is 17.8 Å². The SMILES string of the molecule is CCOC(=O)[C@H]1C(=O)CCNC1=O. The first-order valence-electron chi connectivity index (χ1n) is 4.14. The van der Waals surface area contributed by atoms with Gasteiger partial charge in [0.2, 0.25) is 5.91 Å². The Kier molecular flexibility index (Phi) is 3.00. The van der Waals surface area contributed by atoms with Crippen LogP contribution in [0.4, 0.5) is 0 Å². The smallest absolute Gasteiger partial charge is 0.326 e. The van der Waals surface area contributed by atoms with E-state index in [0.29, 0.717) is 6.54 Å². The first-order valence-corrected chi connectivity index (χ1v) is 4.14. The van der Waals surface area contributed by atoms with E-state index in [4.69, 9.17) is 0 Å². The van der Waals surface area contributed by atoms with Crippen LogP contribution in [0.25, 0.3) is 0 Å². The molecule has 0 aromatic rings. The summed E-state index contributed by atoms with van der Waals surface area (Å²) in [6, 6.07) is 0. The summed E-state index contributed by atoms with van der Waals surface area (Å²) in [5.74, 6) is -2.89. The van der Waals surface area contributed by atoms with Gasteiger partial charge in [-0.3, -0.25) is 14.4 Å². The van der Waals surface area contributed by atoms with Crippen molar-refractivity contribution in [2.75, 3.05) is 13.2 Å². The van der Waals surface area contributed by atoms with Gasteiger partial charge in [0.15, 0.2) is 11.7 Å². The first-order chi connectivity index (χ1) is 6.16. The summed E-state index contributed by atoms with van der Waals surface area (Å²) in [6.45, 7) is 2.12. The maximum Gasteiger partial charge on any atom is 0.326 e. The molecule has 1 N–H and O–H groups in total. The fourth-order valence-corrected chi connectivity index (χ4v) is 1.17. The topological polar surface area (TPSA) is 72.5 Å². The van der Waals surface area contributed by atoms with Gasteiger partial charge < -0.3 is 10.1 Å². The maximum atomic E-state index is 11.2. The Bertz CT molecular complexity index is 233. The summed E-state index contributed by atoms with van der Waals surface area (Å²) in [5, 5.41) is 2.44. The Morgan fingerprint density at radius 2 is 2.31 bits per heavy atom. The van der Waals surface area contributed by atoms with Gasteiger partial charge in [-0.15, -0.1) is 0 Å². The van der Waals surface area contributed by atoms with Crippen LogP contribution in [0.5, 0.6) is 0 Å². The number of amides is 1. The van der Waals surface area contributed by atoms with E-state index in [1.54, 1.807) is 6.92 Å². The number of ether oxygens (including phenoxy) is 1. The number of esters is 1. The summed E-state index contributed by atoms with van der Waals surface area (Å²) in [6.07, 6.45) is 0.204. The summed E-state index contributed by atoms with van der Waals surface area (Å²) in [5.41, 5.74) is 0. The number of ketones is 1. The van der Waals surface area contributed by atoms with Gasteiger partial charge in [-0.05, 0) is 6.92 Å². The number of piperidine rings is 1. The number of carbonyl (C=O) groups excluding carboxylic acids is 3. The Balaban J connectivity index is 2.68. The van der Waals surface area contributed by atoms with Gasteiger partial charge in [-0.2, -0.15) is 0 Å². The minimum atomic E-state index is -1.24. The molecule has 0 aromatic heterocycles. The Morgan fingerprint density at radius 1 is 1.62 bits per heavy atom. The zero-order valence-corrected chi connectivity index (χ0v) is 7.33. The molecule has 72 valence electrons. The van der Waals surface area contributed by atoms with Crippen LogP contribution in [0.3, 0.4) is 0 Å². The minimum Gasteiger partial charge on any atom is -0.465 e. The number of nitrogens with one attached hydrogen (secondary N) is 1. The van der Waals surface area contributed by atoms with Crippen molar-refractivity contribution in [3.05, 3.63) is 0 Å². The fourth-order valence-electron chi connectivity index (χ4n) is 1.17. The maximum absolute atomic E-state index is 11.2. The molecule has 1 aliphatic rings. The van der Waals surface area contributed by atoms with E-state index in [0.717, 1.165) is 0 Å². The predicted octanol–water partition coefficient (Wildman–Crippen LogP) is -0.745. The molecule has 0 radical (unpaired) electrons. The molecule has 0 spiro atoms. The van der Waals surface area contributed by atoms with E-state index in [1.165, 1.54) is 0 Å². The average Bonchev–Trinajstić information content (AvgIpc) is 2.04. The van der Waals surface area contributed by atoms with Crippen molar-refractivity contribution < 1.29 is 19.1 Å². The number of hydrogen-bond acceptors (Lipinski definition) is 4. The Morgan fingerprint density at radius 3 is 2.85 bits per heavy atom. The number of hydrogen-bond donors (Lipinski definition) is 1. The molecule has 0 unspecified atom stereocenters. The molecule has 0 aliphatic carbocycles. The third-order valence-electron chi connectivity index (χ3n) is 1.78. The van der Waals surface area contributed by atoms with E-state index in [-0.39, 0.29) is 18.8 Å². The second kappa shape index (κ2) is 4.02. The standard InChI is InChI=1S/C8H11NO4/c1-2-13-8(12)6-5(10)3-4-9-7(6)11/h6H,2-4H2,1H3,(H,9,11)/t6-/m0/s1. The fraction of sp³-hybridized carbons (Fsp3) is 0.625. The van der Waals surface area contributed by atoms with Crippen LogP contribution in [-0.4, -0.2) is 30.8 Å². The zero-order chi connectivity index (χ0) is 9.84. The lowest BCUT2D eigenvalue weighted by Crippen LogP contribution is -2.46. The normalized spacial score (nSPS) is 22.4. The highest BCUT2D eigenvalue weighted by atomic mass is 16.5. The molecule has 1 heterocycles. The van der Waals surface area contributed by atoms with Gasteiger partial charge in [0.1, 0.15) is 0 Å². The summed E-state index contributed by atoms with van der Waals surface area (Å²) in [4.78, 5) is 33.4. The van der Waals surface area contributed by atoms with Crippen molar-refractivity contribution in [2.24, 2.45) is 5.92 Å². The molecule has 1 rings (SSSR count). The largest absolute Gasteiger partial charge is 0.465 e. The van der Waals surface area contributed by atoms with E-state index in [1.807, 2.05) is 0 Å². The van der Waals surface area contributed by atoms with Crippen LogP contribution in [-0.2, 0) is 19.1 Å². The van der Waals surface area contributed by atoms with Gasteiger partial charge in [0.25, 0.3) is 0 Å². The van der Waals surface area contributed by atoms with Gasteiger partial charge in [0.05, 0.1) is 6.61 Å². The second-order valence-corrected chi connectivity index (χ2v) is 2.69. The molecule has 5 heteroatoms. The van der Waals surface area contributed by atoms with Gasteiger partial charge in [0, 0.05) is 13.0 Å². The zero-order valence-electron chi connectivity index (χ0n) is 7.33. The van der Waals surface area contributed by atoms with E-state index >= 15 is 0 Å². The summed E-state index contributed by atoms with van der Waals surface area (Å²) < 4.78 is 4.60. The highest BCUT2D eigenvalue weighted by Crippen LogP contribution is 2.09. The van der Waals surface area contributed by atoms with Crippen LogP contribution < -0.4 is 5.32 Å². The molecule has 13 heavy (non-hydrogen) atoms. The molecular weight excluding hydrogens is 174 g/mol. The molecule has 0 aromatic carbocycles. The number of rotatable bonds is 2. The van der Waals surface area contributed by atoms with Crippen molar-refractivity contribution in [3.8, 4) is 0 Å². The Hall–Kier alpha value is -1.39. The van der Waals surface area contributed by atoms with Crippen LogP contribution in [0.1, 0.15) is 13.3 Å². The molecule has 0 saturated carbocycles. The van der Waals surface area contributed by atoms with Crippen LogP contribution in [0, 0.1) is 5.92 Å². The average molecular weight is 185 g/mol. The summed E-state index contributed by atoms with van der Waals surface area (Å²) >= 11 is 0. The molecule has 1 aliphatic heterocycles. The number of carbonyl (C=O) groups is 3. The van der Waals surface area contributed by atoms with Gasteiger partial charge in [-0.25, -0.2) is 0 Å². The molecular formula is C8H11NO4. The third-order valence-corrected chi connectivity index (χ3v) is 1.78. The first kappa shape index (κ1) is 9.70. The van der Waals surface area contributed by atoms with Crippen molar-refractivity contribution in [1.82, 2.24) is 5.32 Å². The van der Waals surface area contributed by atoms with E-state index in [9.17, 15) is 14.4 Å². The molecule has 1 atom stereocenters. The van der Waals surface area contributed by atoms with Crippen molar-refractivity contribution >= 4 is 17.7 Å². The summed E-state index contributed by atoms with van der Waals surface area (Å²) in [7, 11) is 0. The molecule has 5 nitrogen and oxygen atoms in total. The Labute approximate surface area is 75.4 Å². The number of Topliss-reactive ketones (excluding diaryl/α,β-unsaturated/α-hetero) is 1. The molecule has 1 fully saturated rings. The van der Waals surface area contributed by atoms with Crippen LogP contribution in [0.15, 0.2) is 0 Å². The lowest BCUT2D eigenvalue weighted by Gasteiger charge is -2.18. The van der Waals surface area contributed by atoms with Crippen LogP contribution in [0.2, 0.25) is 0 Å². The van der Waals surface area contributed by atoms with Crippen molar-refractivity contribution in [1.29, 1.82) is 0 Å². The predicted molar refractivity (Wildman–Crippen MR) is 42.8 cm³/mol. The van der Waals surface area contributed by atoms with E-state index in [2.05, 4.69) is 10.1 Å². The lowest BCUT2D eigenvalue weighted by molar-refractivity contribution is -0.156. The lowest BCUT2D eigenvalue weighted by atomic mass is 9.97. The minimum absolute atomic E-state index is 0.176. The monoisotopic (exact) mass is 185 g/mol. The quantitative estimate of drug-likeness (QED) is 0.454. The highest BCUT2D eigenvalue weighted by Gasteiger charge is 2.37. The molecule has 1 amide bonds. The van der Waals surface area contributed by atoms with Crippen molar-refractivity contribution in [3.63, 3.8) is 0 Å². The molecule has 1 saturated heterocycles. The third kappa shape index (κ3) is 2.05. The highest BCUT2D eigenvalue weighted by molar-refractivity contribution is 6.17. The van der Waals surface area contributed by atoms with Gasteiger partial charge in [-0.1, -0.05) is 0 Å². The second-order valence-electron chi connectivity index (χ2n) is 2.69. The molecule has 0 bridgehead atoms. The van der Waals surface area contributed by atoms with Gasteiger partial charge >= 0.3 is 5.97 Å². The van der Waals surface area contributed by atoms with Crippen LogP contribution >= 0.6 is 0 Å². The van der Waals surface area contributed by atoms with Crippen molar-refractivity contribution in [2.45, 2.75) is 13.3 Å².